The molecule has 0 heterocycles. The molecule has 1 nitrogen and oxygen atoms in total. The summed E-state index contributed by atoms with van der Waals surface area (Å²) in [4.78, 5) is 0. The van der Waals surface area contributed by atoms with E-state index in [1.165, 1.54) is 0 Å². The Labute approximate surface area is 106 Å². The molecular weight excluding hydrogens is 243 g/mol. The first-order valence-electron chi connectivity index (χ1n) is 5.76. The summed E-state index contributed by atoms with van der Waals surface area (Å²) in [6.07, 6.45) is 3.99. The second kappa shape index (κ2) is 4.56. The average molecular weight is 259 g/mol. The van der Waals surface area contributed by atoms with Crippen LogP contribution >= 0.6 is 23.2 Å². The molecule has 0 saturated heterocycles. The Morgan fingerprint density at radius 3 is 2.75 bits per heavy atom. The maximum absolute atomic E-state index is 10.7. The molecule has 0 amide bonds. The summed E-state index contributed by atoms with van der Waals surface area (Å²) < 4.78 is 0. The van der Waals surface area contributed by atoms with Crippen molar-refractivity contribution >= 4 is 23.2 Å². The number of hydrogen-bond donors (Lipinski definition) is 1. The second-order valence-corrected chi connectivity index (χ2v) is 5.36. The van der Waals surface area contributed by atoms with Gasteiger partial charge >= 0.3 is 0 Å². The molecule has 2 atom stereocenters. The Bertz CT molecular complexity index is 392. The summed E-state index contributed by atoms with van der Waals surface area (Å²) in [5.41, 5.74) is 0.203. The molecule has 2 rings (SSSR count). The van der Waals surface area contributed by atoms with Crippen LogP contribution in [-0.2, 0) is 5.60 Å². The molecule has 1 fully saturated rings. The topological polar surface area (TPSA) is 20.2 Å². The smallest absolute Gasteiger partial charge is 0.0925 e. The molecule has 0 radical (unpaired) electrons. The van der Waals surface area contributed by atoms with Gasteiger partial charge in [0.2, 0.25) is 0 Å². The van der Waals surface area contributed by atoms with Crippen LogP contribution in [0.3, 0.4) is 0 Å². The van der Waals surface area contributed by atoms with E-state index in [1.54, 1.807) is 12.1 Å². The Morgan fingerprint density at radius 2 is 2.12 bits per heavy atom. The molecule has 1 N–H and O–H groups in total. The van der Waals surface area contributed by atoms with Crippen LogP contribution in [0.5, 0.6) is 0 Å². The van der Waals surface area contributed by atoms with E-state index in [-0.39, 0.29) is 0 Å². The van der Waals surface area contributed by atoms with Crippen molar-refractivity contribution in [2.75, 3.05) is 0 Å². The van der Waals surface area contributed by atoms with Gasteiger partial charge < -0.3 is 5.11 Å². The third-order valence-corrected chi connectivity index (χ3v) is 4.44. The van der Waals surface area contributed by atoms with Crippen molar-refractivity contribution < 1.29 is 5.11 Å². The molecule has 0 spiro atoms. The minimum Gasteiger partial charge on any atom is -0.385 e. The fourth-order valence-corrected chi connectivity index (χ4v) is 3.05. The summed E-state index contributed by atoms with van der Waals surface area (Å²) in [6, 6.07) is 5.46. The molecule has 1 aromatic rings. The Hall–Kier alpha value is -0.240. The number of halogens is 2. The van der Waals surface area contributed by atoms with Gasteiger partial charge in [0, 0.05) is 0 Å². The van der Waals surface area contributed by atoms with Gasteiger partial charge in [0.25, 0.3) is 0 Å². The molecule has 3 heteroatoms. The predicted molar refractivity (Wildman–Crippen MR) is 68.0 cm³/mol. The molecule has 1 aromatic carbocycles. The van der Waals surface area contributed by atoms with Gasteiger partial charge in [-0.3, -0.25) is 0 Å². The lowest BCUT2D eigenvalue weighted by Crippen LogP contribution is -2.29. The minimum absolute atomic E-state index is 0.338. The zero-order valence-electron chi connectivity index (χ0n) is 9.34. The maximum atomic E-state index is 10.7. The Kier molecular flexibility index (Phi) is 3.48. The minimum atomic E-state index is -0.705. The van der Waals surface area contributed by atoms with Crippen molar-refractivity contribution in [3.05, 3.63) is 33.8 Å². The standard InChI is InChI=1S/C13H16Cl2O/c1-2-9-4-3-7-13(9,16)10-5-6-11(14)12(15)8-10/h5-6,8-9,16H,2-4,7H2,1H3. The van der Waals surface area contributed by atoms with Crippen molar-refractivity contribution in [1.29, 1.82) is 0 Å². The number of hydrogen-bond acceptors (Lipinski definition) is 1. The Morgan fingerprint density at radius 1 is 1.38 bits per heavy atom. The molecule has 1 aliphatic rings. The van der Waals surface area contributed by atoms with E-state index in [0.717, 1.165) is 31.2 Å². The van der Waals surface area contributed by atoms with Crippen LogP contribution in [0.2, 0.25) is 10.0 Å². The van der Waals surface area contributed by atoms with Crippen LogP contribution in [-0.4, -0.2) is 5.11 Å². The molecule has 1 saturated carbocycles. The number of benzene rings is 1. The highest BCUT2D eigenvalue weighted by atomic mass is 35.5. The van der Waals surface area contributed by atoms with Crippen LogP contribution in [0.1, 0.15) is 38.2 Å². The molecule has 16 heavy (non-hydrogen) atoms. The molecule has 1 aliphatic carbocycles. The lowest BCUT2D eigenvalue weighted by molar-refractivity contribution is -0.00386. The van der Waals surface area contributed by atoms with Crippen molar-refractivity contribution in [2.24, 2.45) is 5.92 Å². The molecular formula is C13H16Cl2O. The largest absolute Gasteiger partial charge is 0.385 e. The van der Waals surface area contributed by atoms with Gasteiger partial charge in [0.1, 0.15) is 0 Å². The van der Waals surface area contributed by atoms with Gasteiger partial charge in [-0.25, -0.2) is 0 Å². The first-order valence-corrected chi connectivity index (χ1v) is 6.51. The molecule has 0 aliphatic heterocycles. The van der Waals surface area contributed by atoms with Crippen LogP contribution in [0.25, 0.3) is 0 Å². The first-order chi connectivity index (χ1) is 7.58. The van der Waals surface area contributed by atoms with Crippen LogP contribution in [0.4, 0.5) is 0 Å². The van der Waals surface area contributed by atoms with Gasteiger partial charge in [0.05, 0.1) is 15.6 Å². The van der Waals surface area contributed by atoms with E-state index >= 15 is 0 Å². The zero-order chi connectivity index (χ0) is 11.8. The SMILES string of the molecule is CCC1CCCC1(O)c1ccc(Cl)c(Cl)c1. The number of aliphatic hydroxyl groups is 1. The van der Waals surface area contributed by atoms with Crippen LogP contribution < -0.4 is 0 Å². The number of rotatable bonds is 2. The Balaban J connectivity index is 2.38. The quantitative estimate of drug-likeness (QED) is 0.835. The van der Waals surface area contributed by atoms with E-state index in [2.05, 4.69) is 6.92 Å². The molecule has 2 unspecified atom stereocenters. The summed E-state index contributed by atoms with van der Waals surface area (Å²) in [5.74, 6) is 0.338. The highest BCUT2D eigenvalue weighted by Gasteiger charge is 2.41. The van der Waals surface area contributed by atoms with Gasteiger partial charge in [-0.15, -0.1) is 0 Å². The molecule has 0 bridgehead atoms. The fraction of sp³-hybridized carbons (Fsp3) is 0.538. The third-order valence-electron chi connectivity index (χ3n) is 3.70. The van der Waals surface area contributed by atoms with Gasteiger partial charge in [-0.1, -0.05) is 42.6 Å². The third kappa shape index (κ3) is 1.97. The molecule has 0 aromatic heterocycles. The lowest BCUT2D eigenvalue weighted by Gasteiger charge is -2.30. The van der Waals surface area contributed by atoms with E-state index in [4.69, 9.17) is 23.2 Å². The van der Waals surface area contributed by atoms with Crippen molar-refractivity contribution in [1.82, 2.24) is 0 Å². The lowest BCUT2D eigenvalue weighted by atomic mass is 9.82. The summed E-state index contributed by atoms with van der Waals surface area (Å²) in [5, 5.41) is 11.8. The summed E-state index contributed by atoms with van der Waals surface area (Å²) in [7, 11) is 0. The highest BCUT2D eigenvalue weighted by molar-refractivity contribution is 6.42. The summed E-state index contributed by atoms with van der Waals surface area (Å²) in [6.45, 7) is 2.12. The van der Waals surface area contributed by atoms with Gasteiger partial charge in [-0.2, -0.15) is 0 Å². The monoisotopic (exact) mass is 258 g/mol. The molecule has 88 valence electrons. The van der Waals surface area contributed by atoms with Crippen LogP contribution in [0, 0.1) is 5.92 Å². The van der Waals surface area contributed by atoms with E-state index in [1.807, 2.05) is 6.07 Å². The average Bonchev–Trinajstić information content (AvgIpc) is 2.65. The van der Waals surface area contributed by atoms with Crippen LogP contribution in [0.15, 0.2) is 18.2 Å². The predicted octanol–water partition coefficient (Wildman–Crippen LogP) is 4.39. The van der Waals surface area contributed by atoms with E-state index in [0.29, 0.717) is 16.0 Å². The second-order valence-electron chi connectivity index (χ2n) is 4.55. The fourth-order valence-electron chi connectivity index (χ4n) is 2.75. The van der Waals surface area contributed by atoms with Crippen molar-refractivity contribution in [3.8, 4) is 0 Å². The van der Waals surface area contributed by atoms with Gasteiger partial charge in [0.15, 0.2) is 0 Å². The van der Waals surface area contributed by atoms with E-state index < -0.39 is 5.60 Å². The first kappa shape index (κ1) is 12.2. The van der Waals surface area contributed by atoms with Crippen molar-refractivity contribution in [2.45, 2.75) is 38.2 Å². The van der Waals surface area contributed by atoms with Crippen molar-refractivity contribution in [3.63, 3.8) is 0 Å². The van der Waals surface area contributed by atoms with Gasteiger partial charge in [-0.05, 0) is 42.9 Å². The highest BCUT2D eigenvalue weighted by Crippen LogP contribution is 2.46. The summed E-state index contributed by atoms with van der Waals surface area (Å²) >= 11 is 11.9. The van der Waals surface area contributed by atoms with E-state index in [9.17, 15) is 5.11 Å². The maximum Gasteiger partial charge on any atom is 0.0925 e. The normalized spacial score (nSPS) is 29.6. The zero-order valence-corrected chi connectivity index (χ0v) is 10.9.